The molecule has 0 unspecified atom stereocenters. The Bertz CT molecular complexity index is 1270. The van der Waals surface area contributed by atoms with Crippen molar-refractivity contribution < 1.29 is 14.3 Å². The van der Waals surface area contributed by atoms with Crippen LogP contribution in [-0.2, 0) is 9.53 Å². The predicted octanol–water partition coefficient (Wildman–Crippen LogP) is 3.85. The van der Waals surface area contributed by atoms with Crippen molar-refractivity contribution in [2.45, 2.75) is 19.8 Å². The van der Waals surface area contributed by atoms with E-state index in [0.29, 0.717) is 40.6 Å². The number of ether oxygens (including phenoxy) is 2. The maximum absolute atomic E-state index is 12.4. The summed E-state index contributed by atoms with van der Waals surface area (Å²) < 4.78 is 10.3. The van der Waals surface area contributed by atoms with Crippen LogP contribution in [0.25, 0.3) is 33.5 Å². The van der Waals surface area contributed by atoms with Crippen LogP contribution in [0.1, 0.15) is 19.8 Å². The number of hydrogen-bond donors (Lipinski definition) is 2. The van der Waals surface area contributed by atoms with Crippen LogP contribution in [0.15, 0.2) is 48.8 Å². The highest BCUT2D eigenvalue weighted by Gasteiger charge is 2.30. The minimum absolute atomic E-state index is 0.0140. The number of nitrogens with one attached hydrogen (secondary N) is 2. The summed E-state index contributed by atoms with van der Waals surface area (Å²) in [6.07, 6.45) is 3.35. The number of rotatable bonds is 6. The second kappa shape index (κ2) is 9.33. The average molecular weight is 444 g/mol. The van der Waals surface area contributed by atoms with Crippen molar-refractivity contribution in [2.24, 2.45) is 5.92 Å². The number of carbonyl (C=O) groups is 1. The van der Waals surface area contributed by atoms with E-state index >= 15 is 0 Å². The minimum atomic E-state index is 0.0140. The molecule has 2 N–H and O–H groups in total. The van der Waals surface area contributed by atoms with Crippen molar-refractivity contribution in [1.82, 2.24) is 25.4 Å². The lowest BCUT2D eigenvalue weighted by Gasteiger charge is -2.14. The number of carbonyl (C=O) groups excluding carboxylic acids is 1. The molecule has 1 aliphatic heterocycles. The molecule has 9 heteroatoms. The molecular weight excluding hydrogens is 420 g/mol. The topological polar surface area (TPSA) is 118 Å². The zero-order valence-electron chi connectivity index (χ0n) is 18.2. The first kappa shape index (κ1) is 21.0. The molecule has 9 nitrogen and oxygen atoms in total. The largest absolute Gasteiger partial charge is 0.492 e. The summed E-state index contributed by atoms with van der Waals surface area (Å²) in [6, 6.07) is 13.5. The van der Waals surface area contributed by atoms with Gasteiger partial charge in [0.05, 0.1) is 31.0 Å². The number of fused-ring (bicyclic) bond motifs is 1. The highest BCUT2D eigenvalue weighted by atomic mass is 16.6. The van der Waals surface area contributed by atoms with Crippen molar-refractivity contribution in [1.29, 1.82) is 0 Å². The van der Waals surface area contributed by atoms with Crippen LogP contribution >= 0.6 is 0 Å². The molecule has 2 aliphatic rings. The molecule has 4 aromatic rings. The molecule has 0 bridgehead atoms. The summed E-state index contributed by atoms with van der Waals surface area (Å²) in [5.41, 5.74) is 4.21. The Morgan fingerprint density at radius 3 is 2.55 bits per heavy atom. The fourth-order valence-electron chi connectivity index (χ4n) is 3.42. The van der Waals surface area contributed by atoms with E-state index in [1.54, 1.807) is 0 Å². The molecule has 33 heavy (non-hydrogen) atoms. The van der Waals surface area contributed by atoms with Gasteiger partial charge in [-0.3, -0.25) is 4.79 Å². The lowest BCUT2D eigenvalue weighted by atomic mass is 10.0. The maximum Gasteiger partial charge on any atom is 0.227 e. The number of nitrogens with zero attached hydrogens (tertiary/aromatic N) is 4. The summed E-state index contributed by atoms with van der Waals surface area (Å²) >= 11 is 0. The Balaban J connectivity index is 0.000000705. The highest BCUT2D eigenvalue weighted by Crippen LogP contribution is 2.37. The van der Waals surface area contributed by atoms with Crippen molar-refractivity contribution in [3.63, 3.8) is 0 Å². The van der Waals surface area contributed by atoms with Gasteiger partial charge in [0.1, 0.15) is 29.2 Å². The Hall–Kier alpha value is -3.85. The van der Waals surface area contributed by atoms with Crippen molar-refractivity contribution in [2.75, 3.05) is 25.1 Å². The molecule has 1 aliphatic carbocycles. The molecule has 0 spiro atoms. The first-order chi connectivity index (χ1) is 16.2. The van der Waals surface area contributed by atoms with E-state index in [1.807, 2.05) is 49.4 Å². The van der Waals surface area contributed by atoms with Gasteiger partial charge in [0.2, 0.25) is 5.91 Å². The second-order valence-electron chi connectivity index (χ2n) is 7.78. The highest BCUT2D eigenvalue weighted by molar-refractivity contribution is 6.02. The minimum Gasteiger partial charge on any atom is -0.492 e. The van der Waals surface area contributed by atoms with E-state index in [2.05, 4.69) is 35.4 Å². The number of hydrogen-bond acceptors (Lipinski definition) is 7. The Morgan fingerprint density at radius 2 is 1.85 bits per heavy atom. The molecule has 0 atom stereocenters. The van der Waals surface area contributed by atoms with Gasteiger partial charge in [0.25, 0.3) is 0 Å². The molecular formula is C24H24N6O3. The van der Waals surface area contributed by atoms with Gasteiger partial charge in [-0.2, -0.15) is 15.4 Å². The average Bonchev–Trinajstić information content (AvgIpc) is 3.77. The lowest BCUT2D eigenvalue weighted by Crippen LogP contribution is -2.14. The predicted molar refractivity (Wildman–Crippen MR) is 124 cm³/mol. The molecule has 6 rings (SSSR count). The molecule has 2 aromatic carbocycles. The molecule has 0 radical (unpaired) electrons. The number of anilines is 1. The Kier molecular flexibility index (Phi) is 5.95. The van der Waals surface area contributed by atoms with E-state index in [1.165, 1.54) is 6.33 Å². The normalized spacial score (nSPS) is 14.3. The maximum atomic E-state index is 12.4. The fraction of sp³-hybridized carbons (Fsp3) is 0.292. The SMILES string of the molecule is C1CO1.CCOc1cc2ncnc(-c3n[nH]nc3-c3ccccc3)c2cc1NC(=O)C1CC1. The third-order valence-corrected chi connectivity index (χ3v) is 5.27. The van der Waals surface area contributed by atoms with Crippen LogP contribution in [-0.4, -0.2) is 51.1 Å². The van der Waals surface area contributed by atoms with Crippen LogP contribution in [0.3, 0.4) is 0 Å². The molecule has 1 saturated carbocycles. The van der Waals surface area contributed by atoms with Gasteiger partial charge in [0.15, 0.2) is 0 Å². The number of epoxide rings is 1. The van der Waals surface area contributed by atoms with Gasteiger partial charge in [-0.1, -0.05) is 30.3 Å². The Labute approximate surface area is 190 Å². The van der Waals surface area contributed by atoms with Crippen molar-refractivity contribution in [3.05, 3.63) is 48.8 Å². The summed E-state index contributed by atoms with van der Waals surface area (Å²) in [4.78, 5) is 21.3. The summed E-state index contributed by atoms with van der Waals surface area (Å²) in [6.45, 7) is 4.39. The standard InChI is InChI=1S/C22H20N6O2.C2H4O/c1-2-30-18-11-16-15(10-17(18)25-22(29)14-8-9-14)20(24-12-23-16)21-19(26-28-27-21)13-6-4-3-5-7-13;1-2-3-1/h3-7,10-12,14H,2,8-9H2,1H3,(H,25,29)(H,26,27,28);1-2H2. The molecule has 168 valence electrons. The molecule has 1 saturated heterocycles. The van der Waals surface area contributed by atoms with Crippen LogP contribution in [0, 0.1) is 5.92 Å². The third kappa shape index (κ3) is 4.83. The molecule has 2 fully saturated rings. The number of aromatic amines is 1. The summed E-state index contributed by atoms with van der Waals surface area (Å²) in [5.74, 6) is 0.689. The summed E-state index contributed by atoms with van der Waals surface area (Å²) in [7, 11) is 0. The lowest BCUT2D eigenvalue weighted by molar-refractivity contribution is -0.117. The molecule has 2 aromatic heterocycles. The zero-order chi connectivity index (χ0) is 22.6. The zero-order valence-corrected chi connectivity index (χ0v) is 18.2. The van der Waals surface area contributed by atoms with E-state index < -0.39 is 0 Å². The van der Waals surface area contributed by atoms with E-state index in [-0.39, 0.29) is 11.8 Å². The van der Waals surface area contributed by atoms with Crippen LogP contribution < -0.4 is 10.1 Å². The van der Waals surface area contributed by atoms with Gasteiger partial charge >= 0.3 is 0 Å². The van der Waals surface area contributed by atoms with Gasteiger partial charge in [-0.15, -0.1) is 0 Å². The number of aromatic nitrogens is 5. The first-order valence-electron chi connectivity index (χ1n) is 11.0. The van der Waals surface area contributed by atoms with E-state index in [4.69, 9.17) is 4.74 Å². The first-order valence-corrected chi connectivity index (χ1v) is 11.0. The quantitative estimate of drug-likeness (QED) is 0.434. The van der Waals surface area contributed by atoms with Gasteiger partial charge in [-0.05, 0) is 25.8 Å². The molecule has 1 amide bonds. The van der Waals surface area contributed by atoms with Gasteiger partial charge < -0.3 is 14.8 Å². The van der Waals surface area contributed by atoms with Crippen LogP contribution in [0.4, 0.5) is 5.69 Å². The van der Waals surface area contributed by atoms with Gasteiger partial charge in [-0.25, -0.2) is 9.97 Å². The smallest absolute Gasteiger partial charge is 0.227 e. The summed E-state index contributed by atoms with van der Waals surface area (Å²) in [5, 5.41) is 15.2. The second-order valence-corrected chi connectivity index (χ2v) is 7.78. The Morgan fingerprint density at radius 1 is 1.09 bits per heavy atom. The number of amides is 1. The van der Waals surface area contributed by atoms with Crippen molar-refractivity contribution in [3.8, 4) is 28.4 Å². The number of benzene rings is 2. The molecule has 3 heterocycles. The van der Waals surface area contributed by atoms with Crippen molar-refractivity contribution >= 4 is 22.5 Å². The monoisotopic (exact) mass is 444 g/mol. The van der Waals surface area contributed by atoms with Crippen LogP contribution in [0.2, 0.25) is 0 Å². The fourth-order valence-corrected chi connectivity index (χ4v) is 3.42. The third-order valence-electron chi connectivity index (χ3n) is 5.27. The van der Waals surface area contributed by atoms with E-state index in [9.17, 15) is 4.79 Å². The van der Waals surface area contributed by atoms with Crippen LogP contribution in [0.5, 0.6) is 5.75 Å². The van der Waals surface area contributed by atoms with Gasteiger partial charge in [0, 0.05) is 22.9 Å². The number of H-pyrrole nitrogens is 1. The van der Waals surface area contributed by atoms with E-state index in [0.717, 1.165) is 37.0 Å².